The molecule has 1 heterocycles. The second kappa shape index (κ2) is 8.10. The molecule has 142 valence electrons. The Bertz CT molecular complexity index is 1060. The molecule has 9 heteroatoms. The van der Waals surface area contributed by atoms with Gasteiger partial charge >= 0.3 is 5.69 Å². The molecule has 0 aliphatic rings. The third-order valence-corrected chi connectivity index (χ3v) is 7.04. The quantitative estimate of drug-likeness (QED) is 0.481. The molecular weight excluding hydrogens is 389 g/mol. The van der Waals surface area contributed by atoms with Crippen molar-refractivity contribution in [3.8, 4) is 0 Å². The second-order valence-corrected chi connectivity index (χ2v) is 9.06. The van der Waals surface area contributed by atoms with E-state index in [9.17, 15) is 17.6 Å². The van der Waals surface area contributed by atoms with E-state index < -0.39 is 15.7 Å². The number of benzene rings is 2. The molecule has 0 fully saturated rings. The Labute approximate surface area is 160 Å². The van der Waals surface area contributed by atoms with E-state index in [2.05, 4.69) is 10.2 Å². The average molecular weight is 407 g/mol. The van der Waals surface area contributed by atoms with Gasteiger partial charge in [-0.15, -0.1) is 5.10 Å². The lowest BCUT2D eigenvalue weighted by molar-refractivity contribution is 0.566. The van der Waals surface area contributed by atoms with Crippen molar-refractivity contribution >= 4 is 21.6 Å². The lowest BCUT2D eigenvalue weighted by Gasteiger charge is -2.14. The molecule has 2 aromatic carbocycles. The minimum Gasteiger partial charge on any atom is -0.263 e. The standard InChI is InChI=1S/C18H18FN3O3S2/c1-13(14-5-3-2-4-6-14)22-17(23)20-21-18(22)26-11-12-27(24,25)16-9-7-15(19)8-10-16/h2-10,13H,11-12H2,1H3,(H,20,23)/t13-/m1/s1. The SMILES string of the molecule is C[C@H](c1ccccc1)n1c(SCCS(=O)(=O)c2ccc(F)cc2)n[nH]c1=O. The van der Waals surface area contributed by atoms with Gasteiger partial charge in [0.1, 0.15) is 5.82 Å². The third-order valence-electron chi connectivity index (χ3n) is 4.10. The van der Waals surface area contributed by atoms with Crippen LogP contribution in [0.4, 0.5) is 4.39 Å². The number of rotatable bonds is 7. The molecule has 0 aliphatic heterocycles. The number of aromatic amines is 1. The Morgan fingerprint density at radius 3 is 2.48 bits per heavy atom. The van der Waals surface area contributed by atoms with Crippen molar-refractivity contribution in [2.45, 2.75) is 23.0 Å². The first kappa shape index (κ1) is 19.4. The molecule has 1 aromatic heterocycles. The number of nitrogens with one attached hydrogen (secondary N) is 1. The monoisotopic (exact) mass is 407 g/mol. The number of aromatic nitrogens is 3. The smallest absolute Gasteiger partial charge is 0.263 e. The number of sulfone groups is 1. The molecule has 3 rings (SSSR count). The third kappa shape index (κ3) is 4.48. The van der Waals surface area contributed by atoms with E-state index in [1.807, 2.05) is 37.3 Å². The zero-order valence-corrected chi connectivity index (χ0v) is 16.1. The van der Waals surface area contributed by atoms with Crippen LogP contribution in [0.25, 0.3) is 0 Å². The van der Waals surface area contributed by atoms with Crippen molar-refractivity contribution in [1.29, 1.82) is 0 Å². The normalized spacial score (nSPS) is 12.8. The highest BCUT2D eigenvalue weighted by atomic mass is 32.2. The van der Waals surface area contributed by atoms with Crippen LogP contribution in [0.1, 0.15) is 18.5 Å². The number of thioether (sulfide) groups is 1. The van der Waals surface area contributed by atoms with Crippen molar-refractivity contribution < 1.29 is 12.8 Å². The van der Waals surface area contributed by atoms with Gasteiger partial charge in [-0.3, -0.25) is 4.57 Å². The summed E-state index contributed by atoms with van der Waals surface area (Å²) in [5.41, 5.74) is 0.594. The summed E-state index contributed by atoms with van der Waals surface area (Å²) in [4.78, 5) is 12.2. The molecule has 0 saturated heterocycles. The van der Waals surface area contributed by atoms with E-state index in [0.717, 1.165) is 17.7 Å². The van der Waals surface area contributed by atoms with Crippen LogP contribution in [0, 0.1) is 5.82 Å². The Morgan fingerprint density at radius 1 is 1.15 bits per heavy atom. The molecule has 0 radical (unpaired) electrons. The maximum absolute atomic E-state index is 13.0. The van der Waals surface area contributed by atoms with Gasteiger partial charge in [0.25, 0.3) is 0 Å². The van der Waals surface area contributed by atoms with Crippen molar-refractivity contribution in [2.75, 3.05) is 11.5 Å². The fourth-order valence-electron chi connectivity index (χ4n) is 2.62. The van der Waals surface area contributed by atoms with Crippen LogP contribution in [-0.4, -0.2) is 34.7 Å². The molecule has 0 amide bonds. The van der Waals surface area contributed by atoms with Crippen LogP contribution in [-0.2, 0) is 9.84 Å². The van der Waals surface area contributed by atoms with Gasteiger partial charge in [-0.25, -0.2) is 22.7 Å². The summed E-state index contributed by atoms with van der Waals surface area (Å²) in [6, 6.07) is 14.0. The number of nitrogens with zero attached hydrogens (tertiary/aromatic N) is 2. The number of hydrogen-bond donors (Lipinski definition) is 1. The highest BCUT2D eigenvalue weighted by Crippen LogP contribution is 2.23. The van der Waals surface area contributed by atoms with Crippen molar-refractivity contribution in [1.82, 2.24) is 14.8 Å². The van der Waals surface area contributed by atoms with Crippen LogP contribution in [0.15, 0.2) is 69.4 Å². The van der Waals surface area contributed by atoms with Crippen LogP contribution in [0.5, 0.6) is 0 Å². The fourth-order valence-corrected chi connectivity index (χ4v) is 5.29. The van der Waals surface area contributed by atoms with Crippen molar-refractivity contribution in [3.05, 3.63) is 76.5 Å². The second-order valence-electron chi connectivity index (χ2n) is 5.89. The minimum atomic E-state index is -3.54. The van der Waals surface area contributed by atoms with Gasteiger partial charge in [-0.1, -0.05) is 42.1 Å². The number of H-pyrrole nitrogens is 1. The molecule has 0 bridgehead atoms. The van der Waals surface area contributed by atoms with E-state index >= 15 is 0 Å². The summed E-state index contributed by atoms with van der Waals surface area (Å²) in [5.74, 6) is -0.422. The summed E-state index contributed by atoms with van der Waals surface area (Å²) < 4.78 is 39.2. The maximum Gasteiger partial charge on any atom is 0.344 e. The first-order valence-electron chi connectivity index (χ1n) is 8.21. The molecule has 0 saturated carbocycles. The van der Waals surface area contributed by atoms with E-state index in [4.69, 9.17) is 0 Å². The van der Waals surface area contributed by atoms with Crippen LogP contribution >= 0.6 is 11.8 Å². The lowest BCUT2D eigenvalue weighted by atomic mass is 10.1. The van der Waals surface area contributed by atoms with E-state index in [1.54, 1.807) is 0 Å². The van der Waals surface area contributed by atoms with E-state index in [-0.39, 0.29) is 28.1 Å². The molecule has 1 N–H and O–H groups in total. The number of halogens is 1. The Hall–Kier alpha value is -2.39. The number of hydrogen-bond acceptors (Lipinski definition) is 5. The molecule has 27 heavy (non-hydrogen) atoms. The highest BCUT2D eigenvalue weighted by molar-refractivity contribution is 8.00. The molecule has 0 unspecified atom stereocenters. The van der Waals surface area contributed by atoms with E-state index in [0.29, 0.717) is 5.16 Å². The Morgan fingerprint density at radius 2 is 1.81 bits per heavy atom. The van der Waals surface area contributed by atoms with E-state index in [1.165, 1.54) is 28.5 Å². The first-order valence-corrected chi connectivity index (χ1v) is 10.9. The zero-order valence-electron chi connectivity index (χ0n) is 14.5. The Balaban J connectivity index is 1.72. The molecule has 0 spiro atoms. The average Bonchev–Trinajstić information content (AvgIpc) is 3.02. The van der Waals surface area contributed by atoms with Gasteiger partial charge in [0.15, 0.2) is 15.0 Å². The first-order chi connectivity index (χ1) is 12.9. The van der Waals surface area contributed by atoms with Crippen LogP contribution < -0.4 is 5.69 Å². The molecule has 6 nitrogen and oxygen atoms in total. The van der Waals surface area contributed by atoms with Crippen molar-refractivity contribution in [3.63, 3.8) is 0 Å². The summed E-state index contributed by atoms with van der Waals surface area (Å²) in [6.45, 7) is 1.88. The van der Waals surface area contributed by atoms with Gasteiger partial charge in [-0.2, -0.15) is 0 Å². The molecular formula is C18H18FN3O3S2. The predicted molar refractivity (Wildman–Crippen MR) is 102 cm³/mol. The van der Waals surface area contributed by atoms with Gasteiger partial charge < -0.3 is 0 Å². The largest absolute Gasteiger partial charge is 0.344 e. The minimum absolute atomic E-state index is 0.0709. The maximum atomic E-state index is 13.0. The molecule has 1 atom stereocenters. The summed E-state index contributed by atoms with van der Waals surface area (Å²) >= 11 is 1.18. The zero-order chi connectivity index (χ0) is 19.4. The molecule has 3 aromatic rings. The van der Waals surface area contributed by atoms with Crippen molar-refractivity contribution in [2.24, 2.45) is 0 Å². The lowest BCUT2D eigenvalue weighted by Crippen LogP contribution is -2.22. The highest BCUT2D eigenvalue weighted by Gasteiger charge is 2.19. The molecule has 0 aliphatic carbocycles. The summed E-state index contributed by atoms with van der Waals surface area (Å²) in [5, 5.41) is 6.85. The van der Waals surface area contributed by atoms with Gasteiger partial charge in [0.2, 0.25) is 0 Å². The summed E-state index contributed by atoms with van der Waals surface area (Å²) in [6.07, 6.45) is 0. The van der Waals surface area contributed by atoms with Crippen LogP contribution in [0.3, 0.4) is 0 Å². The van der Waals surface area contributed by atoms with Gasteiger partial charge in [0, 0.05) is 5.75 Å². The van der Waals surface area contributed by atoms with Crippen LogP contribution in [0.2, 0.25) is 0 Å². The summed E-state index contributed by atoms with van der Waals surface area (Å²) in [7, 11) is -3.54. The topological polar surface area (TPSA) is 84.8 Å². The van der Waals surface area contributed by atoms with Gasteiger partial charge in [-0.05, 0) is 36.8 Å². The fraction of sp³-hybridized carbons (Fsp3) is 0.222. The predicted octanol–water partition coefficient (Wildman–Crippen LogP) is 2.89. The Kier molecular flexibility index (Phi) is 5.81. The van der Waals surface area contributed by atoms with Gasteiger partial charge in [0.05, 0.1) is 16.7 Å².